The minimum absolute atomic E-state index is 0.107. The third kappa shape index (κ3) is 5.81. The fraction of sp³-hybridized carbons (Fsp3) is 0.0800. The number of halogens is 3. The van der Waals surface area contributed by atoms with Gasteiger partial charge >= 0.3 is 6.18 Å². The number of ether oxygens (including phenoxy) is 1. The summed E-state index contributed by atoms with van der Waals surface area (Å²) in [5, 5.41) is 17.1. The first kappa shape index (κ1) is 25.1. The van der Waals surface area contributed by atoms with Crippen LogP contribution in [0, 0.1) is 10.1 Å². The summed E-state index contributed by atoms with van der Waals surface area (Å²) in [6.07, 6.45) is -3.41. The molecule has 0 aliphatic carbocycles. The first-order valence-electron chi connectivity index (χ1n) is 10.6. The number of rotatable bonds is 6. The Morgan fingerprint density at radius 1 is 0.919 bits per heavy atom. The molecule has 0 saturated heterocycles. The quantitative estimate of drug-likeness (QED) is 0.258. The van der Waals surface area contributed by atoms with Crippen molar-refractivity contribution in [2.24, 2.45) is 0 Å². The van der Waals surface area contributed by atoms with Crippen molar-refractivity contribution in [3.8, 4) is 11.5 Å². The van der Waals surface area contributed by atoms with E-state index in [4.69, 9.17) is 4.74 Å². The standard InChI is InChI=1S/C25H17F3N4O5/c1-29-24(34)22-13-21(6-7-30-22)37-20-5-4-14-2-3-15(8-16(14)9-20)23(33)31-18-10-17(25(26,27)28)11-19(12-18)32(35)36/h2-13H,1H3,(H,29,34)(H,31,33). The summed E-state index contributed by atoms with van der Waals surface area (Å²) in [6, 6.07) is 14.6. The number of nitrogens with zero attached hydrogens (tertiary/aromatic N) is 2. The summed E-state index contributed by atoms with van der Waals surface area (Å²) in [4.78, 5) is 38.6. The zero-order valence-electron chi connectivity index (χ0n) is 19.0. The number of non-ortho nitro benzene ring substituents is 1. The number of anilines is 1. The van der Waals surface area contributed by atoms with Crippen molar-refractivity contribution < 1.29 is 32.4 Å². The fourth-order valence-electron chi connectivity index (χ4n) is 3.45. The van der Waals surface area contributed by atoms with Crippen molar-refractivity contribution in [2.45, 2.75) is 6.18 Å². The Balaban J connectivity index is 1.60. The number of aromatic nitrogens is 1. The Morgan fingerprint density at radius 3 is 2.35 bits per heavy atom. The smallest absolute Gasteiger partial charge is 0.416 e. The van der Waals surface area contributed by atoms with E-state index in [2.05, 4.69) is 15.6 Å². The molecular weight excluding hydrogens is 493 g/mol. The van der Waals surface area contributed by atoms with E-state index in [9.17, 15) is 32.9 Å². The zero-order valence-corrected chi connectivity index (χ0v) is 19.0. The third-order valence-electron chi connectivity index (χ3n) is 5.21. The first-order valence-corrected chi connectivity index (χ1v) is 10.6. The summed E-state index contributed by atoms with van der Waals surface area (Å²) in [5.74, 6) is -0.391. The van der Waals surface area contributed by atoms with Crippen molar-refractivity contribution in [2.75, 3.05) is 12.4 Å². The third-order valence-corrected chi connectivity index (χ3v) is 5.21. The molecule has 12 heteroatoms. The lowest BCUT2D eigenvalue weighted by Crippen LogP contribution is -2.18. The highest BCUT2D eigenvalue weighted by molar-refractivity contribution is 6.06. The first-order chi connectivity index (χ1) is 17.5. The number of nitro groups is 1. The number of benzene rings is 3. The van der Waals surface area contributed by atoms with Crippen LogP contribution in [-0.2, 0) is 6.18 Å². The number of carbonyl (C=O) groups excluding carboxylic acids is 2. The van der Waals surface area contributed by atoms with Crippen molar-refractivity contribution in [1.29, 1.82) is 0 Å². The van der Waals surface area contributed by atoms with Crippen molar-refractivity contribution in [3.05, 3.63) is 99.9 Å². The van der Waals surface area contributed by atoms with Gasteiger partial charge in [-0.2, -0.15) is 13.2 Å². The lowest BCUT2D eigenvalue weighted by atomic mass is 10.1. The van der Waals surface area contributed by atoms with E-state index in [0.717, 1.165) is 11.5 Å². The summed E-state index contributed by atoms with van der Waals surface area (Å²) < 4.78 is 45.3. The van der Waals surface area contributed by atoms with E-state index >= 15 is 0 Å². The largest absolute Gasteiger partial charge is 0.457 e. The molecule has 0 spiro atoms. The van der Waals surface area contributed by atoms with Gasteiger partial charge in [-0.3, -0.25) is 24.7 Å². The summed E-state index contributed by atoms with van der Waals surface area (Å²) in [6.45, 7) is 0. The molecule has 0 fully saturated rings. The number of hydrogen-bond donors (Lipinski definition) is 2. The minimum atomic E-state index is -4.83. The van der Waals surface area contributed by atoms with Crippen molar-refractivity contribution in [3.63, 3.8) is 0 Å². The molecule has 3 aromatic carbocycles. The summed E-state index contributed by atoms with van der Waals surface area (Å²) in [5.41, 5.74) is -2.16. The van der Waals surface area contributed by atoms with Gasteiger partial charge in [0.05, 0.1) is 10.5 Å². The molecule has 188 valence electrons. The second kappa shape index (κ2) is 9.93. The number of nitro benzene ring substituents is 1. The van der Waals surface area contributed by atoms with Gasteiger partial charge in [0.25, 0.3) is 17.5 Å². The number of hydrogen-bond acceptors (Lipinski definition) is 6. The molecule has 2 N–H and O–H groups in total. The second-order valence-corrected chi connectivity index (χ2v) is 7.76. The Kier molecular flexibility index (Phi) is 6.74. The number of fused-ring (bicyclic) bond motifs is 1. The Bertz CT molecular complexity index is 1540. The molecule has 0 bridgehead atoms. The molecule has 1 heterocycles. The van der Waals surface area contributed by atoms with E-state index in [1.165, 1.54) is 31.4 Å². The highest BCUT2D eigenvalue weighted by atomic mass is 19.4. The normalized spacial score (nSPS) is 11.1. The second-order valence-electron chi connectivity index (χ2n) is 7.76. The molecule has 0 unspecified atom stereocenters. The van der Waals surface area contributed by atoms with Crippen LogP contribution in [0.25, 0.3) is 10.8 Å². The monoisotopic (exact) mass is 510 g/mol. The molecule has 1 aromatic heterocycles. The van der Waals surface area contributed by atoms with Crippen LogP contribution in [0.4, 0.5) is 24.5 Å². The highest BCUT2D eigenvalue weighted by Gasteiger charge is 2.33. The fourth-order valence-corrected chi connectivity index (χ4v) is 3.45. The van der Waals surface area contributed by atoms with Gasteiger partial charge < -0.3 is 15.4 Å². The Hall–Kier alpha value is -5.00. The number of amides is 2. The maximum absolute atomic E-state index is 13.1. The molecule has 2 amide bonds. The van der Waals surface area contributed by atoms with Gasteiger partial charge in [0.2, 0.25) is 0 Å². The number of pyridine rings is 1. The Morgan fingerprint density at radius 2 is 1.65 bits per heavy atom. The maximum Gasteiger partial charge on any atom is 0.416 e. The lowest BCUT2D eigenvalue weighted by molar-refractivity contribution is -0.385. The van der Waals surface area contributed by atoms with Gasteiger partial charge in [-0.15, -0.1) is 0 Å². The number of carbonyl (C=O) groups is 2. The van der Waals surface area contributed by atoms with Gasteiger partial charge in [0.1, 0.15) is 17.2 Å². The van der Waals surface area contributed by atoms with E-state index in [1.807, 2.05) is 0 Å². The van der Waals surface area contributed by atoms with E-state index < -0.39 is 28.3 Å². The average Bonchev–Trinajstić information content (AvgIpc) is 2.87. The van der Waals surface area contributed by atoms with Crippen molar-refractivity contribution in [1.82, 2.24) is 10.3 Å². The topological polar surface area (TPSA) is 123 Å². The molecule has 9 nitrogen and oxygen atoms in total. The molecule has 0 aliphatic heterocycles. The van der Waals surface area contributed by atoms with Crippen LogP contribution in [0.2, 0.25) is 0 Å². The van der Waals surface area contributed by atoms with Crippen LogP contribution in [-0.4, -0.2) is 28.8 Å². The van der Waals surface area contributed by atoms with Crippen LogP contribution in [0.3, 0.4) is 0 Å². The predicted octanol–water partition coefficient (Wildman–Crippen LogP) is 5.57. The summed E-state index contributed by atoms with van der Waals surface area (Å²) in [7, 11) is 1.48. The molecule has 0 saturated carbocycles. The van der Waals surface area contributed by atoms with E-state index in [-0.39, 0.29) is 22.9 Å². The van der Waals surface area contributed by atoms with Gasteiger partial charge in [-0.1, -0.05) is 12.1 Å². The number of alkyl halides is 3. The van der Waals surface area contributed by atoms with Crippen LogP contribution in [0.15, 0.2) is 72.9 Å². The zero-order chi connectivity index (χ0) is 26.7. The van der Waals surface area contributed by atoms with E-state index in [0.29, 0.717) is 29.0 Å². The minimum Gasteiger partial charge on any atom is -0.457 e. The highest BCUT2D eigenvalue weighted by Crippen LogP contribution is 2.34. The van der Waals surface area contributed by atoms with Crippen LogP contribution < -0.4 is 15.4 Å². The molecular formula is C25H17F3N4O5. The van der Waals surface area contributed by atoms with Crippen LogP contribution >= 0.6 is 0 Å². The molecule has 0 aliphatic rings. The molecule has 0 radical (unpaired) electrons. The van der Waals surface area contributed by atoms with Gasteiger partial charge in [-0.25, -0.2) is 0 Å². The van der Waals surface area contributed by atoms with E-state index in [1.54, 1.807) is 30.3 Å². The molecule has 37 heavy (non-hydrogen) atoms. The summed E-state index contributed by atoms with van der Waals surface area (Å²) >= 11 is 0. The van der Waals surface area contributed by atoms with Crippen molar-refractivity contribution >= 4 is 34.0 Å². The molecule has 4 rings (SSSR count). The van der Waals surface area contributed by atoms with Crippen LogP contribution in [0.1, 0.15) is 26.4 Å². The van der Waals surface area contributed by atoms with Gasteiger partial charge in [0, 0.05) is 42.7 Å². The Labute approximate surface area is 207 Å². The molecule has 4 aromatic rings. The average molecular weight is 510 g/mol. The number of nitrogens with one attached hydrogen (secondary N) is 2. The SMILES string of the molecule is CNC(=O)c1cc(Oc2ccc3ccc(C(=O)Nc4cc([N+](=O)[O-])cc(C(F)(F)F)c4)cc3c2)ccn1. The lowest BCUT2D eigenvalue weighted by Gasteiger charge is -2.11. The predicted molar refractivity (Wildman–Crippen MR) is 128 cm³/mol. The van der Waals surface area contributed by atoms with Gasteiger partial charge in [-0.05, 0) is 47.2 Å². The van der Waals surface area contributed by atoms with Gasteiger partial charge in [0.15, 0.2) is 0 Å². The molecule has 0 atom stereocenters. The van der Waals surface area contributed by atoms with Crippen LogP contribution in [0.5, 0.6) is 11.5 Å². The maximum atomic E-state index is 13.1.